The lowest BCUT2D eigenvalue weighted by Crippen LogP contribution is -2.18. The Kier molecular flexibility index (Phi) is 3.56. The summed E-state index contributed by atoms with van der Waals surface area (Å²) in [5, 5.41) is 3.77. The van der Waals surface area contributed by atoms with Crippen molar-refractivity contribution in [3.63, 3.8) is 0 Å². The maximum Gasteiger partial charge on any atom is 0.180 e. The van der Waals surface area contributed by atoms with E-state index >= 15 is 0 Å². The van der Waals surface area contributed by atoms with E-state index in [4.69, 9.17) is 21.1 Å². The molecule has 1 aliphatic rings. The van der Waals surface area contributed by atoms with Gasteiger partial charge in [0, 0.05) is 0 Å². The summed E-state index contributed by atoms with van der Waals surface area (Å²) in [7, 11) is 1.94. The standard InChI is InChI=1S/C12H16ClNO2/c1-8-9(3-4-14-2)7-10(13)12-11(8)15-5-6-16-12/h7,14H,3-6H2,1-2H3. The average Bonchev–Trinajstić information content (AvgIpc) is 2.32. The molecule has 0 saturated heterocycles. The number of benzene rings is 1. The summed E-state index contributed by atoms with van der Waals surface area (Å²) in [5.74, 6) is 1.50. The zero-order valence-electron chi connectivity index (χ0n) is 9.60. The minimum atomic E-state index is 0.571. The second-order valence-corrected chi connectivity index (χ2v) is 4.26. The van der Waals surface area contributed by atoms with Crippen LogP contribution in [0.1, 0.15) is 11.1 Å². The lowest BCUT2D eigenvalue weighted by Gasteiger charge is -2.23. The van der Waals surface area contributed by atoms with Crippen molar-refractivity contribution in [1.82, 2.24) is 5.32 Å². The first-order valence-corrected chi connectivity index (χ1v) is 5.84. The second kappa shape index (κ2) is 4.93. The fourth-order valence-corrected chi connectivity index (χ4v) is 2.14. The largest absolute Gasteiger partial charge is 0.486 e. The topological polar surface area (TPSA) is 30.5 Å². The van der Waals surface area contributed by atoms with Crippen molar-refractivity contribution in [3.05, 3.63) is 22.2 Å². The summed E-state index contributed by atoms with van der Waals surface area (Å²) >= 11 is 6.17. The van der Waals surface area contributed by atoms with Gasteiger partial charge in [0.15, 0.2) is 11.5 Å². The summed E-state index contributed by atoms with van der Waals surface area (Å²) in [6, 6.07) is 1.97. The van der Waals surface area contributed by atoms with E-state index in [1.54, 1.807) is 0 Å². The van der Waals surface area contributed by atoms with Gasteiger partial charge in [0.05, 0.1) is 5.02 Å². The quantitative estimate of drug-likeness (QED) is 0.880. The molecule has 1 aromatic rings. The molecule has 1 aliphatic heterocycles. The van der Waals surface area contributed by atoms with Crippen LogP contribution in [0.15, 0.2) is 6.07 Å². The van der Waals surface area contributed by atoms with Crippen LogP contribution in [0.3, 0.4) is 0 Å². The number of ether oxygens (including phenoxy) is 2. The predicted molar refractivity (Wildman–Crippen MR) is 64.8 cm³/mol. The molecule has 0 radical (unpaired) electrons. The van der Waals surface area contributed by atoms with E-state index in [9.17, 15) is 0 Å². The molecule has 0 aromatic heterocycles. The molecule has 0 fully saturated rings. The van der Waals surface area contributed by atoms with E-state index in [-0.39, 0.29) is 0 Å². The molecular formula is C12H16ClNO2. The van der Waals surface area contributed by atoms with Gasteiger partial charge < -0.3 is 14.8 Å². The Morgan fingerprint density at radius 3 is 2.69 bits per heavy atom. The van der Waals surface area contributed by atoms with Crippen LogP contribution in [0.25, 0.3) is 0 Å². The molecule has 1 aromatic carbocycles. The van der Waals surface area contributed by atoms with E-state index in [0.29, 0.717) is 24.0 Å². The molecule has 0 saturated carbocycles. The van der Waals surface area contributed by atoms with E-state index in [1.165, 1.54) is 5.56 Å². The third kappa shape index (κ3) is 2.11. The Morgan fingerprint density at radius 2 is 2.00 bits per heavy atom. The van der Waals surface area contributed by atoms with E-state index < -0.39 is 0 Å². The van der Waals surface area contributed by atoms with Gasteiger partial charge in [0.1, 0.15) is 13.2 Å². The maximum atomic E-state index is 6.17. The van der Waals surface area contributed by atoms with E-state index in [0.717, 1.165) is 24.3 Å². The van der Waals surface area contributed by atoms with Crippen molar-refractivity contribution in [1.29, 1.82) is 0 Å². The molecule has 0 spiro atoms. The van der Waals surface area contributed by atoms with Gasteiger partial charge in [-0.2, -0.15) is 0 Å². The van der Waals surface area contributed by atoms with Crippen LogP contribution in [0.5, 0.6) is 11.5 Å². The summed E-state index contributed by atoms with van der Waals surface area (Å²) < 4.78 is 11.1. The fraction of sp³-hybridized carbons (Fsp3) is 0.500. The van der Waals surface area contributed by atoms with Crippen molar-refractivity contribution in [2.45, 2.75) is 13.3 Å². The van der Waals surface area contributed by atoms with Gasteiger partial charge in [-0.3, -0.25) is 0 Å². The lowest BCUT2D eigenvalue weighted by molar-refractivity contribution is 0.170. The molecule has 0 unspecified atom stereocenters. The second-order valence-electron chi connectivity index (χ2n) is 3.85. The molecule has 0 aliphatic carbocycles. The molecule has 3 nitrogen and oxygen atoms in total. The van der Waals surface area contributed by atoms with Crippen LogP contribution < -0.4 is 14.8 Å². The van der Waals surface area contributed by atoms with Gasteiger partial charge in [-0.25, -0.2) is 0 Å². The lowest BCUT2D eigenvalue weighted by atomic mass is 10.0. The molecule has 0 bridgehead atoms. The Bertz CT molecular complexity index is 393. The van der Waals surface area contributed by atoms with Crippen LogP contribution in [0.4, 0.5) is 0 Å². The first kappa shape index (κ1) is 11.6. The van der Waals surface area contributed by atoms with E-state index in [2.05, 4.69) is 12.2 Å². The van der Waals surface area contributed by atoms with Crippen molar-refractivity contribution >= 4 is 11.6 Å². The highest BCUT2D eigenvalue weighted by Crippen LogP contribution is 2.41. The third-order valence-electron chi connectivity index (χ3n) is 2.77. The minimum Gasteiger partial charge on any atom is -0.486 e. The van der Waals surface area contributed by atoms with Gasteiger partial charge in [-0.15, -0.1) is 0 Å². The van der Waals surface area contributed by atoms with Crippen LogP contribution in [-0.4, -0.2) is 26.8 Å². The van der Waals surface area contributed by atoms with Gasteiger partial charge in [-0.1, -0.05) is 11.6 Å². The number of fused-ring (bicyclic) bond motifs is 1. The molecule has 88 valence electrons. The summed E-state index contributed by atoms with van der Waals surface area (Å²) in [6.07, 6.45) is 0.943. The van der Waals surface area contributed by atoms with E-state index in [1.807, 2.05) is 13.1 Å². The molecule has 1 N–H and O–H groups in total. The van der Waals surface area contributed by atoms with Gasteiger partial charge in [-0.05, 0) is 44.1 Å². The van der Waals surface area contributed by atoms with Gasteiger partial charge in [0.25, 0.3) is 0 Å². The van der Waals surface area contributed by atoms with Gasteiger partial charge >= 0.3 is 0 Å². The number of hydrogen-bond donors (Lipinski definition) is 1. The smallest absolute Gasteiger partial charge is 0.180 e. The Morgan fingerprint density at radius 1 is 1.31 bits per heavy atom. The highest BCUT2D eigenvalue weighted by Gasteiger charge is 2.20. The fourth-order valence-electron chi connectivity index (χ4n) is 1.87. The Labute approximate surface area is 101 Å². The third-order valence-corrected chi connectivity index (χ3v) is 3.05. The monoisotopic (exact) mass is 241 g/mol. The average molecular weight is 242 g/mol. The van der Waals surface area contributed by atoms with Crippen molar-refractivity contribution in [2.75, 3.05) is 26.8 Å². The summed E-state index contributed by atoms with van der Waals surface area (Å²) in [4.78, 5) is 0. The predicted octanol–water partition coefficient (Wildman–Crippen LogP) is 2.18. The molecule has 1 heterocycles. The SMILES string of the molecule is CNCCc1cc(Cl)c2c(c1C)OCCO2. The summed E-state index contributed by atoms with van der Waals surface area (Å²) in [5.41, 5.74) is 2.35. The number of rotatable bonds is 3. The Hall–Kier alpha value is -0.930. The van der Waals surface area contributed by atoms with Crippen LogP contribution in [0.2, 0.25) is 5.02 Å². The zero-order chi connectivity index (χ0) is 11.5. The number of halogens is 1. The number of hydrogen-bond acceptors (Lipinski definition) is 3. The minimum absolute atomic E-state index is 0.571. The summed E-state index contributed by atoms with van der Waals surface area (Å²) in [6.45, 7) is 4.15. The molecule has 2 rings (SSSR count). The van der Waals surface area contributed by atoms with Crippen LogP contribution >= 0.6 is 11.6 Å². The van der Waals surface area contributed by atoms with Crippen LogP contribution in [0, 0.1) is 6.92 Å². The highest BCUT2D eigenvalue weighted by molar-refractivity contribution is 6.32. The normalized spacial score (nSPS) is 13.9. The van der Waals surface area contributed by atoms with Gasteiger partial charge in [0.2, 0.25) is 0 Å². The molecule has 4 heteroatoms. The highest BCUT2D eigenvalue weighted by atomic mass is 35.5. The molecular weight excluding hydrogens is 226 g/mol. The number of likely N-dealkylation sites (N-methyl/N-ethyl adjacent to an activating group) is 1. The zero-order valence-corrected chi connectivity index (χ0v) is 10.4. The van der Waals surface area contributed by atoms with Crippen LogP contribution in [-0.2, 0) is 6.42 Å². The maximum absolute atomic E-state index is 6.17. The van der Waals surface area contributed by atoms with Crippen molar-refractivity contribution in [3.8, 4) is 11.5 Å². The molecule has 16 heavy (non-hydrogen) atoms. The first-order valence-electron chi connectivity index (χ1n) is 5.46. The number of nitrogens with one attached hydrogen (secondary N) is 1. The van der Waals surface area contributed by atoms with Crippen molar-refractivity contribution < 1.29 is 9.47 Å². The van der Waals surface area contributed by atoms with Crippen molar-refractivity contribution in [2.24, 2.45) is 0 Å². The molecule has 0 amide bonds. The first-order chi connectivity index (χ1) is 7.74. The Balaban J connectivity index is 2.37. The molecule has 0 atom stereocenters.